The number of amides is 1. The molecule has 0 radical (unpaired) electrons. The van der Waals surface area contributed by atoms with Gasteiger partial charge in [-0.3, -0.25) is 14.7 Å². The molecule has 1 heterocycles. The molecular weight excluding hydrogens is 352 g/mol. The van der Waals surface area contributed by atoms with Gasteiger partial charge in [0.05, 0.1) is 23.8 Å². The van der Waals surface area contributed by atoms with Gasteiger partial charge in [0.1, 0.15) is 5.75 Å². The third kappa shape index (κ3) is 4.33. The number of anilines is 1. The maximum atomic E-state index is 12.3. The van der Waals surface area contributed by atoms with Crippen molar-refractivity contribution in [1.29, 1.82) is 0 Å². The van der Waals surface area contributed by atoms with Gasteiger partial charge in [-0.1, -0.05) is 18.2 Å². The number of halogens is 1. The summed E-state index contributed by atoms with van der Waals surface area (Å²) in [5.41, 5.74) is 2.65. The van der Waals surface area contributed by atoms with Crippen LogP contribution in [0.4, 0.5) is 5.95 Å². The second-order valence-corrected chi connectivity index (χ2v) is 5.72. The van der Waals surface area contributed by atoms with Crippen LogP contribution in [0.1, 0.15) is 12.8 Å². The first kappa shape index (κ1) is 19.8. The van der Waals surface area contributed by atoms with Crippen LogP contribution in [0.3, 0.4) is 0 Å². The standard InChI is InChI=1S/C19H22N4O2.ClH/c1-20-12-6-11-18(24)22-19-21-16-9-3-4-10-17(16)23(19)14-7-5-8-15(13-14)25-2;/h3-5,7-10,13,20H,6,11-12H2,1-2H3,(H,21,22,24);1H. The largest absolute Gasteiger partial charge is 0.497 e. The molecule has 0 saturated heterocycles. The van der Waals surface area contributed by atoms with Gasteiger partial charge in [-0.2, -0.15) is 0 Å². The number of imidazole rings is 1. The van der Waals surface area contributed by atoms with Crippen LogP contribution in [0.2, 0.25) is 0 Å². The molecule has 6 nitrogen and oxygen atoms in total. The number of nitrogens with zero attached hydrogens (tertiary/aromatic N) is 2. The SMILES string of the molecule is CNCCCC(=O)Nc1nc2ccccc2n1-c1cccc(OC)c1.Cl. The quantitative estimate of drug-likeness (QED) is 0.622. The van der Waals surface area contributed by atoms with Crippen LogP contribution in [-0.2, 0) is 4.79 Å². The summed E-state index contributed by atoms with van der Waals surface area (Å²) in [4.78, 5) is 16.8. The average molecular weight is 375 g/mol. The highest BCUT2D eigenvalue weighted by Crippen LogP contribution is 2.26. The normalized spacial score (nSPS) is 10.4. The molecule has 2 N–H and O–H groups in total. The maximum absolute atomic E-state index is 12.3. The van der Waals surface area contributed by atoms with Gasteiger partial charge in [0.15, 0.2) is 0 Å². The number of nitrogens with one attached hydrogen (secondary N) is 2. The van der Waals surface area contributed by atoms with Crippen LogP contribution in [0.25, 0.3) is 16.7 Å². The van der Waals surface area contributed by atoms with Gasteiger partial charge >= 0.3 is 0 Å². The van der Waals surface area contributed by atoms with Crippen molar-refractivity contribution in [2.24, 2.45) is 0 Å². The Labute approximate surface area is 159 Å². The molecular formula is C19H23ClN4O2. The van der Waals surface area contributed by atoms with Gasteiger partial charge in [-0.15, -0.1) is 12.4 Å². The van der Waals surface area contributed by atoms with E-state index in [4.69, 9.17) is 4.74 Å². The van der Waals surface area contributed by atoms with E-state index in [0.717, 1.165) is 35.4 Å². The van der Waals surface area contributed by atoms with Crippen LogP contribution in [-0.4, -0.2) is 36.2 Å². The molecule has 26 heavy (non-hydrogen) atoms. The van der Waals surface area contributed by atoms with Gasteiger partial charge in [-0.05, 0) is 44.3 Å². The van der Waals surface area contributed by atoms with Crippen molar-refractivity contribution in [3.8, 4) is 11.4 Å². The van der Waals surface area contributed by atoms with E-state index in [1.807, 2.05) is 60.1 Å². The highest BCUT2D eigenvalue weighted by Gasteiger charge is 2.15. The molecule has 0 atom stereocenters. The lowest BCUT2D eigenvalue weighted by Crippen LogP contribution is -2.17. The molecule has 138 valence electrons. The van der Waals surface area contributed by atoms with E-state index in [9.17, 15) is 4.79 Å². The zero-order valence-electron chi connectivity index (χ0n) is 14.9. The predicted molar refractivity (Wildman–Crippen MR) is 107 cm³/mol. The second kappa shape index (κ2) is 9.22. The number of para-hydroxylation sites is 2. The molecule has 0 aliphatic heterocycles. The summed E-state index contributed by atoms with van der Waals surface area (Å²) in [7, 11) is 3.51. The third-order valence-electron chi connectivity index (χ3n) is 3.95. The fourth-order valence-corrected chi connectivity index (χ4v) is 2.73. The molecule has 0 saturated carbocycles. The van der Waals surface area contributed by atoms with E-state index < -0.39 is 0 Å². The Balaban J connectivity index is 0.00000243. The van der Waals surface area contributed by atoms with Crippen molar-refractivity contribution in [3.05, 3.63) is 48.5 Å². The average Bonchev–Trinajstić information content (AvgIpc) is 2.99. The van der Waals surface area contributed by atoms with Crippen LogP contribution in [0, 0.1) is 0 Å². The van der Waals surface area contributed by atoms with E-state index in [1.165, 1.54) is 0 Å². The zero-order valence-corrected chi connectivity index (χ0v) is 15.7. The molecule has 1 aromatic heterocycles. The molecule has 3 aromatic rings. The summed E-state index contributed by atoms with van der Waals surface area (Å²) in [6.07, 6.45) is 1.23. The summed E-state index contributed by atoms with van der Waals surface area (Å²) in [5.74, 6) is 1.22. The van der Waals surface area contributed by atoms with Gasteiger partial charge in [0, 0.05) is 12.5 Å². The number of aromatic nitrogens is 2. The number of methoxy groups -OCH3 is 1. The minimum absolute atomic E-state index is 0. The lowest BCUT2D eigenvalue weighted by atomic mass is 10.2. The molecule has 0 fully saturated rings. The topological polar surface area (TPSA) is 68.2 Å². The summed E-state index contributed by atoms with van der Waals surface area (Å²) < 4.78 is 7.26. The van der Waals surface area contributed by atoms with Crippen molar-refractivity contribution in [2.45, 2.75) is 12.8 Å². The Morgan fingerprint density at radius 1 is 1.19 bits per heavy atom. The van der Waals surface area contributed by atoms with Gasteiger partial charge in [-0.25, -0.2) is 4.98 Å². The van der Waals surface area contributed by atoms with Crippen molar-refractivity contribution >= 4 is 35.3 Å². The smallest absolute Gasteiger partial charge is 0.226 e. The maximum Gasteiger partial charge on any atom is 0.226 e. The Bertz CT molecular complexity index is 879. The Morgan fingerprint density at radius 3 is 2.77 bits per heavy atom. The number of fused-ring (bicyclic) bond motifs is 1. The first-order valence-corrected chi connectivity index (χ1v) is 8.29. The van der Waals surface area contributed by atoms with Crippen molar-refractivity contribution in [2.75, 3.05) is 26.0 Å². The third-order valence-corrected chi connectivity index (χ3v) is 3.95. The van der Waals surface area contributed by atoms with Crippen molar-refractivity contribution in [1.82, 2.24) is 14.9 Å². The number of ether oxygens (including phenoxy) is 1. The molecule has 0 aliphatic carbocycles. The molecule has 0 aliphatic rings. The summed E-state index contributed by atoms with van der Waals surface area (Å²) in [6.45, 7) is 0.805. The fourth-order valence-electron chi connectivity index (χ4n) is 2.73. The highest BCUT2D eigenvalue weighted by molar-refractivity contribution is 5.92. The van der Waals surface area contributed by atoms with E-state index in [0.29, 0.717) is 12.4 Å². The van der Waals surface area contributed by atoms with Gasteiger partial charge < -0.3 is 10.1 Å². The van der Waals surface area contributed by atoms with Crippen LogP contribution >= 0.6 is 12.4 Å². The molecule has 2 aromatic carbocycles. The Hall–Kier alpha value is -2.57. The number of hydrogen-bond donors (Lipinski definition) is 2. The summed E-state index contributed by atoms with van der Waals surface area (Å²) in [5, 5.41) is 5.98. The fraction of sp³-hybridized carbons (Fsp3) is 0.263. The van der Waals surface area contributed by atoms with E-state index in [1.54, 1.807) is 7.11 Å². The van der Waals surface area contributed by atoms with Crippen LogP contribution < -0.4 is 15.4 Å². The van der Waals surface area contributed by atoms with E-state index >= 15 is 0 Å². The van der Waals surface area contributed by atoms with Crippen molar-refractivity contribution in [3.63, 3.8) is 0 Å². The summed E-state index contributed by atoms with van der Waals surface area (Å²) >= 11 is 0. The monoisotopic (exact) mass is 374 g/mol. The first-order chi connectivity index (χ1) is 12.2. The van der Waals surface area contributed by atoms with Crippen molar-refractivity contribution < 1.29 is 9.53 Å². The molecule has 0 spiro atoms. The van der Waals surface area contributed by atoms with Crippen LogP contribution in [0.15, 0.2) is 48.5 Å². The highest BCUT2D eigenvalue weighted by atomic mass is 35.5. The summed E-state index contributed by atoms with van der Waals surface area (Å²) in [6, 6.07) is 15.5. The van der Waals surface area contributed by atoms with Gasteiger partial charge in [0.2, 0.25) is 11.9 Å². The molecule has 1 amide bonds. The lowest BCUT2D eigenvalue weighted by Gasteiger charge is -2.11. The Kier molecular flexibility index (Phi) is 7.00. The zero-order chi connectivity index (χ0) is 17.6. The number of hydrogen-bond acceptors (Lipinski definition) is 4. The van der Waals surface area contributed by atoms with Crippen LogP contribution in [0.5, 0.6) is 5.75 Å². The van der Waals surface area contributed by atoms with Gasteiger partial charge in [0.25, 0.3) is 0 Å². The number of carbonyl (C=O) groups excluding carboxylic acids is 1. The second-order valence-electron chi connectivity index (χ2n) is 5.72. The van der Waals surface area contributed by atoms with E-state index in [-0.39, 0.29) is 18.3 Å². The minimum Gasteiger partial charge on any atom is -0.497 e. The lowest BCUT2D eigenvalue weighted by molar-refractivity contribution is -0.116. The predicted octanol–water partition coefficient (Wildman–Crippen LogP) is 3.39. The number of carbonyl (C=O) groups is 1. The Morgan fingerprint density at radius 2 is 2.00 bits per heavy atom. The molecule has 3 rings (SSSR count). The molecule has 7 heteroatoms. The first-order valence-electron chi connectivity index (χ1n) is 8.29. The minimum atomic E-state index is -0.0466. The molecule has 0 bridgehead atoms. The molecule has 0 unspecified atom stereocenters. The van der Waals surface area contributed by atoms with E-state index in [2.05, 4.69) is 15.6 Å². The number of rotatable bonds is 7. The number of benzene rings is 2.